The number of nitro benzene ring substituents is 1. The third-order valence-electron chi connectivity index (χ3n) is 2.51. The van der Waals surface area contributed by atoms with Crippen molar-refractivity contribution in [3.8, 4) is 11.1 Å². The van der Waals surface area contributed by atoms with E-state index < -0.39 is 16.4 Å². The molecule has 0 aliphatic heterocycles. The fraction of sp³-hybridized carbons (Fsp3) is 0. The number of hydrogen-bond donors (Lipinski definition) is 0. The summed E-state index contributed by atoms with van der Waals surface area (Å²) < 4.78 is 13.9. The number of aldehydes is 1. The molecule has 2 rings (SSSR count). The molecule has 0 unspecified atom stereocenters. The van der Waals surface area contributed by atoms with Crippen molar-refractivity contribution in [2.24, 2.45) is 0 Å². The smallest absolute Gasteiger partial charge is 0.298 e. The molecule has 0 aromatic heterocycles. The third-order valence-corrected chi connectivity index (χ3v) is 2.51. The van der Waals surface area contributed by atoms with Crippen LogP contribution in [0.4, 0.5) is 10.1 Å². The SMILES string of the molecule is O=Cc1cccc(-c2cccc([N+](=O)[O-])c2F)c1. The summed E-state index contributed by atoms with van der Waals surface area (Å²) in [6.07, 6.45) is 0.638. The molecule has 0 fully saturated rings. The zero-order valence-electron chi connectivity index (χ0n) is 9.17. The summed E-state index contributed by atoms with van der Waals surface area (Å²) in [5, 5.41) is 10.6. The number of halogens is 1. The summed E-state index contributed by atoms with van der Waals surface area (Å²) >= 11 is 0. The van der Waals surface area contributed by atoms with Gasteiger partial charge in [0, 0.05) is 17.2 Å². The Hall–Kier alpha value is -2.56. The highest BCUT2D eigenvalue weighted by atomic mass is 19.1. The molecule has 90 valence electrons. The van der Waals surface area contributed by atoms with E-state index in [0.717, 1.165) is 6.07 Å². The van der Waals surface area contributed by atoms with Gasteiger partial charge >= 0.3 is 5.69 Å². The minimum Gasteiger partial charge on any atom is -0.298 e. The van der Waals surface area contributed by atoms with Crippen molar-refractivity contribution >= 4 is 12.0 Å². The van der Waals surface area contributed by atoms with Gasteiger partial charge in [0.2, 0.25) is 5.82 Å². The highest BCUT2D eigenvalue weighted by molar-refractivity contribution is 5.79. The van der Waals surface area contributed by atoms with Gasteiger partial charge in [-0.25, -0.2) is 0 Å². The maximum Gasteiger partial charge on any atom is 0.305 e. The molecule has 0 saturated carbocycles. The molecule has 5 heteroatoms. The van der Waals surface area contributed by atoms with Crippen molar-refractivity contribution in [3.63, 3.8) is 0 Å². The first-order valence-corrected chi connectivity index (χ1v) is 5.12. The first-order chi connectivity index (χ1) is 8.63. The Balaban J connectivity index is 2.60. The van der Waals surface area contributed by atoms with E-state index in [4.69, 9.17) is 0 Å². The van der Waals surface area contributed by atoms with Crippen molar-refractivity contribution in [1.82, 2.24) is 0 Å². The van der Waals surface area contributed by atoms with Crippen LogP contribution in [0.1, 0.15) is 10.4 Å². The molecule has 2 aromatic carbocycles. The Kier molecular flexibility index (Phi) is 3.14. The van der Waals surface area contributed by atoms with Crippen molar-refractivity contribution in [2.75, 3.05) is 0 Å². The summed E-state index contributed by atoms with van der Waals surface area (Å²) in [5.74, 6) is -0.898. The van der Waals surface area contributed by atoms with E-state index in [0.29, 0.717) is 17.4 Å². The van der Waals surface area contributed by atoms with Gasteiger partial charge in [-0.15, -0.1) is 0 Å². The van der Waals surface area contributed by atoms with Gasteiger partial charge in [0.25, 0.3) is 0 Å². The molecule has 0 bridgehead atoms. The second kappa shape index (κ2) is 4.75. The molecule has 0 saturated heterocycles. The van der Waals surface area contributed by atoms with E-state index in [2.05, 4.69) is 0 Å². The largest absolute Gasteiger partial charge is 0.305 e. The first kappa shape index (κ1) is 11.9. The molecule has 0 heterocycles. The number of benzene rings is 2. The lowest BCUT2D eigenvalue weighted by Gasteiger charge is -2.04. The Labute approximate surface area is 102 Å². The van der Waals surface area contributed by atoms with Crippen LogP contribution in [-0.2, 0) is 0 Å². The monoisotopic (exact) mass is 245 g/mol. The number of hydrogen-bond acceptors (Lipinski definition) is 3. The lowest BCUT2D eigenvalue weighted by Crippen LogP contribution is -1.95. The molecule has 0 N–H and O–H groups in total. The molecule has 0 amide bonds. The van der Waals surface area contributed by atoms with Crippen LogP contribution in [0.25, 0.3) is 11.1 Å². The van der Waals surface area contributed by atoms with Crippen molar-refractivity contribution in [1.29, 1.82) is 0 Å². The lowest BCUT2D eigenvalue weighted by atomic mass is 10.0. The number of nitrogens with zero attached hydrogens (tertiary/aromatic N) is 1. The highest BCUT2D eigenvalue weighted by Crippen LogP contribution is 2.29. The zero-order valence-corrected chi connectivity index (χ0v) is 9.17. The first-order valence-electron chi connectivity index (χ1n) is 5.12. The highest BCUT2D eigenvalue weighted by Gasteiger charge is 2.18. The van der Waals surface area contributed by atoms with Gasteiger partial charge < -0.3 is 0 Å². The second-order valence-corrected chi connectivity index (χ2v) is 3.64. The summed E-state index contributed by atoms with van der Waals surface area (Å²) in [7, 11) is 0. The molecular weight excluding hydrogens is 237 g/mol. The Morgan fingerprint density at radius 2 is 1.89 bits per heavy atom. The summed E-state index contributed by atoms with van der Waals surface area (Å²) in [6, 6.07) is 10.2. The number of rotatable bonds is 3. The summed E-state index contributed by atoms with van der Waals surface area (Å²) in [6.45, 7) is 0. The fourth-order valence-corrected chi connectivity index (χ4v) is 1.66. The fourth-order valence-electron chi connectivity index (χ4n) is 1.66. The quantitative estimate of drug-likeness (QED) is 0.474. The Bertz CT molecular complexity index is 625. The van der Waals surface area contributed by atoms with E-state index in [9.17, 15) is 19.3 Å². The van der Waals surface area contributed by atoms with Crippen molar-refractivity contribution in [2.45, 2.75) is 0 Å². The van der Waals surface area contributed by atoms with Crippen molar-refractivity contribution < 1.29 is 14.1 Å². The van der Waals surface area contributed by atoms with Gasteiger partial charge in [0.15, 0.2) is 0 Å². The molecule has 2 aromatic rings. The predicted molar refractivity (Wildman–Crippen MR) is 63.9 cm³/mol. The summed E-state index contributed by atoms with van der Waals surface area (Å²) in [4.78, 5) is 20.5. The van der Waals surface area contributed by atoms with E-state index in [1.807, 2.05) is 0 Å². The minimum atomic E-state index is -0.898. The molecule has 0 aliphatic carbocycles. The average Bonchev–Trinajstić information content (AvgIpc) is 2.38. The standard InChI is InChI=1S/C13H8FNO3/c14-13-11(5-2-6-12(13)15(17)18)10-4-1-3-9(7-10)8-16/h1-8H. The molecule has 18 heavy (non-hydrogen) atoms. The van der Waals surface area contributed by atoms with Crippen LogP contribution in [-0.4, -0.2) is 11.2 Å². The van der Waals surface area contributed by atoms with Crippen LogP contribution in [0.2, 0.25) is 0 Å². The third kappa shape index (κ3) is 2.10. The van der Waals surface area contributed by atoms with E-state index >= 15 is 0 Å². The molecular formula is C13H8FNO3. The Morgan fingerprint density at radius 3 is 2.56 bits per heavy atom. The lowest BCUT2D eigenvalue weighted by molar-refractivity contribution is -0.387. The van der Waals surface area contributed by atoms with E-state index in [-0.39, 0.29) is 5.56 Å². The Morgan fingerprint density at radius 1 is 1.17 bits per heavy atom. The van der Waals surface area contributed by atoms with E-state index in [1.165, 1.54) is 18.2 Å². The maximum atomic E-state index is 13.9. The van der Waals surface area contributed by atoms with E-state index in [1.54, 1.807) is 18.2 Å². The van der Waals surface area contributed by atoms with Crippen LogP contribution in [0.5, 0.6) is 0 Å². The van der Waals surface area contributed by atoms with Gasteiger partial charge in [-0.3, -0.25) is 14.9 Å². The minimum absolute atomic E-state index is 0.105. The van der Waals surface area contributed by atoms with Crippen LogP contribution in [0.3, 0.4) is 0 Å². The number of carbonyl (C=O) groups is 1. The number of carbonyl (C=O) groups excluding carboxylic acids is 1. The zero-order chi connectivity index (χ0) is 13.1. The van der Waals surface area contributed by atoms with Crippen LogP contribution in [0.15, 0.2) is 42.5 Å². The number of nitro groups is 1. The molecule has 4 nitrogen and oxygen atoms in total. The average molecular weight is 245 g/mol. The summed E-state index contributed by atoms with van der Waals surface area (Å²) in [5.41, 5.74) is 0.344. The van der Waals surface area contributed by atoms with Gasteiger partial charge in [-0.2, -0.15) is 4.39 Å². The maximum absolute atomic E-state index is 13.9. The second-order valence-electron chi connectivity index (χ2n) is 3.64. The van der Waals surface area contributed by atoms with Gasteiger partial charge in [0.05, 0.1) is 4.92 Å². The van der Waals surface area contributed by atoms with Gasteiger partial charge in [0.1, 0.15) is 6.29 Å². The van der Waals surface area contributed by atoms with Crippen LogP contribution in [0, 0.1) is 15.9 Å². The molecule has 0 aliphatic rings. The normalized spacial score (nSPS) is 10.1. The van der Waals surface area contributed by atoms with Crippen molar-refractivity contribution in [3.05, 3.63) is 64.0 Å². The van der Waals surface area contributed by atoms with Gasteiger partial charge in [-0.1, -0.05) is 30.3 Å². The van der Waals surface area contributed by atoms with Crippen LogP contribution >= 0.6 is 0 Å². The molecule has 0 atom stereocenters. The molecule has 0 radical (unpaired) electrons. The van der Waals surface area contributed by atoms with Crippen LogP contribution < -0.4 is 0 Å². The molecule has 0 spiro atoms. The topological polar surface area (TPSA) is 60.2 Å². The predicted octanol–water partition coefficient (Wildman–Crippen LogP) is 3.21. The van der Waals surface area contributed by atoms with Gasteiger partial charge in [-0.05, 0) is 11.6 Å².